The number of alkyl halides is 1. The van der Waals surface area contributed by atoms with Crippen LogP contribution in [-0.4, -0.2) is 42.6 Å². The second-order valence-corrected chi connectivity index (χ2v) is 8.15. The molecule has 9 nitrogen and oxygen atoms in total. The van der Waals surface area contributed by atoms with Gasteiger partial charge in [-0.2, -0.15) is 0 Å². The number of anilines is 3. The average Bonchev–Trinajstić information content (AvgIpc) is 3.33. The molecule has 3 heterocycles. The lowest BCUT2D eigenvalue weighted by atomic mass is 10.1. The lowest BCUT2D eigenvalue weighted by Crippen LogP contribution is -2.19. The van der Waals surface area contributed by atoms with E-state index in [-0.39, 0.29) is 22.4 Å². The molecule has 4 aromatic rings. The van der Waals surface area contributed by atoms with Crippen LogP contribution in [0.5, 0.6) is 5.88 Å². The van der Waals surface area contributed by atoms with Crippen LogP contribution >= 0.6 is 15.9 Å². The number of ether oxygens (including phenoxy) is 1. The molecule has 1 amide bonds. The summed E-state index contributed by atoms with van der Waals surface area (Å²) in [7, 11) is 3.26. The molecular weight excluding hydrogens is 469 g/mol. The molecule has 3 N–H and O–H groups in total. The fourth-order valence-electron chi connectivity index (χ4n) is 3.13. The number of rotatable bonds is 6. The van der Waals surface area contributed by atoms with Crippen molar-refractivity contribution in [3.8, 4) is 17.1 Å². The first-order valence-corrected chi connectivity index (χ1v) is 10.2. The minimum Gasteiger partial charge on any atom is -0.478 e. The molecule has 0 saturated carbocycles. The van der Waals surface area contributed by atoms with Crippen molar-refractivity contribution in [2.45, 2.75) is 11.8 Å². The number of hydrogen-bond acceptors (Lipinski definition) is 6. The highest BCUT2D eigenvalue weighted by atomic mass is 79.9. The number of aryl methyl sites for hydroxylation is 1. The van der Waals surface area contributed by atoms with Gasteiger partial charge in [-0.15, -0.1) is 5.10 Å². The number of hydrogen-bond donors (Lipinski definition) is 3. The SMILES string of the molecule is COc1nn(C)cc1Nc1ncc(F)c(-c2c[nH]c3c(NC(=O)[C@H](C)Br)cccc23)n1. The van der Waals surface area contributed by atoms with Crippen LogP contribution in [-0.2, 0) is 11.8 Å². The molecule has 0 fully saturated rings. The third kappa shape index (κ3) is 4.08. The largest absolute Gasteiger partial charge is 0.478 e. The van der Waals surface area contributed by atoms with Gasteiger partial charge in [-0.1, -0.05) is 28.1 Å². The van der Waals surface area contributed by atoms with Crippen LogP contribution in [0.25, 0.3) is 22.2 Å². The van der Waals surface area contributed by atoms with Gasteiger partial charge >= 0.3 is 0 Å². The third-order valence-electron chi connectivity index (χ3n) is 4.57. The fourth-order valence-corrected chi connectivity index (χ4v) is 3.24. The normalized spacial score (nSPS) is 12.0. The number of nitrogens with zero attached hydrogens (tertiary/aromatic N) is 4. The minimum absolute atomic E-state index is 0.115. The van der Waals surface area contributed by atoms with E-state index in [1.54, 1.807) is 43.2 Å². The monoisotopic (exact) mass is 487 g/mol. The van der Waals surface area contributed by atoms with Gasteiger partial charge in [0.25, 0.3) is 5.88 Å². The molecule has 0 unspecified atom stereocenters. The van der Waals surface area contributed by atoms with Crippen LogP contribution in [0.2, 0.25) is 0 Å². The zero-order chi connectivity index (χ0) is 22.1. The zero-order valence-electron chi connectivity index (χ0n) is 16.9. The number of aromatic amines is 1. The van der Waals surface area contributed by atoms with E-state index in [1.807, 2.05) is 6.07 Å². The van der Waals surface area contributed by atoms with Crippen LogP contribution in [0, 0.1) is 5.82 Å². The summed E-state index contributed by atoms with van der Waals surface area (Å²) in [6.07, 6.45) is 4.46. The lowest BCUT2D eigenvalue weighted by Gasteiger charge is -2.09. The number of amides is 1. The van der Waals surface area contributed by atoms with E-state index in [0.29, 0.717) is 33.7 Å². The Balaban J connectivity index is 1.73. The Morgan fingerprint density at radius 2 is 2.16 bits per heavy atom. The van der Waals surface area contributed by atoms with E-state index >= 15 is 0 Å². The second kappa shape index (κ2) is 8.34. The molecule has 31 heavy (non-hydrogen) atoms. The van der Waals surface area contributed by atoms with Crippen LogP contribution in [0.1, 0.15) is 6.92 Å². The molecule has 0 aliphatic carbocycles. The molecule has 0 aliphatic rings. The second-order valence-electron chi connectivity index (χ2n) is 6.78. The van der Waals surface area contributed by atoms with E-state index in [2.05, 4.69) is 46.6 Å². The quantitative estimate of drug-likeness (QED) is 0.355. The zero-order valence-corrected chi connectivity index (χ0v) is 18.5. The summed E-state index contributed by atoms with van der Waals surface area (Å²) in [5.74, 6) is -0.206. The van der Waals surface area contributed by atoms with Gasteiger partial charge in [-0.3, -0.25) is 9.48 Å². The molecule has 3 aromatic heterocycles. The molecule has 0 bridgehead atoms. The van der Waals surface area contributed by atoms with Crippen LogP contribution in [0.4, 0.5) is 21.7 Å². The standard InChI is InChI=1S/C20H19BrFN7O2/c1-10(21)18(30)25-14-6-4-5-11-12(7-23-17(11)14)16-13(22)8-24-20(27-16)26-15-9-29(2)28-19(15)31-3/h4-10,23H,1-3H3,(H,25,30)(H,24,26,27)/t10-/m0/s1. The summed E-state index contributed by atoms with van der Waals surface area (Å²) in [6.45, 7) is 1.73. The van der Waals surface area contributed by atoms with Crippen molar-refractivity contribution >= 4 is 50.1 Å². The number of para-hydroxylation sites is 1. The van der Waals surface area contributed by atoms with Crippen molar-refractivity contribution < 1.29 is 13.9 Å². The number of nitrogens with one attached hydrogen (secondary N) is 3. The number of carbonyl (C=O) groups excluding carboxylic acids is 1. The Morgan fingerprint density at radius 1 is 1.35 bits per heavy atom. The average molecular weight is 488 g/mol. The highest BCUT2D eigenvalue weighted by Crippen LogP contribution is 2.33. The summed E-state index contributed by atoms with van der Waals surface area (Å²) in [5.41, 5.74) is 2.46. The third-order valence-corrected chi connectivity index (χ3v) is 4.98. The molecule has 0 spiro atoms. The van der Waals surface area contributed by atoms with Crippen LogP contribution in [0.3, 0.4) is 0 Å². The molecule has 1 aromatic carbocycles. The topological polar surface area (TPSA) is 110 Å². The van der Waals surface area contributed by atoms with Crippen molar-refractivity contribution in [3.63, 3.8) is 0 Å². The molecule has 1 atom stereocenters. The smallest absolute Gasteiger partial charge is 0.256 e. The summed E-state index contributed by atoms with van der Waals surface area (Å²) < 4.78 is 21.5. The van der Waals surface area contributed by atoms with Gasteiger partial charge in [0, 0.05) is 24.2 Å². The highest BCUT2D eigenvalue weighted by Gasteiger charge is 2.18. The van der Waals surface area contributed by atoms with Crippen LogP contribution < -0.4 is 15.4 Å². The summed E-state index contributed by atoms with van der Waals surface area (Å²) >= 11 is 3.25. The summed E-state index contributed by atoms with van der Waals surface area (Å²) in [5, 5.41) is 10.7. The number of halogens is 2. The Morgan fingerprint density at radius 3 is 2.90 bits per heavy atom. The van der Waals surface area contributed by atoms with Crippen LogP contribution in [0.15, 0.2) is 36.8 Å². The summed E-state index contributed by atoms with van der Waals surface area (Å²) in [4.78, 5) is 23.2. The predicted octanol–water partition coefficient (Wildman–Crippen LogP) is 3.97. The molecule has 0 aliphatic heterocycles. The van der Waals surface area contributed by atoms with Gasteiger partial charge < -0.3 is 20.4 Å². The molecule has 0 radical (unpaired) electrons. The summed E-state index contributed by atoms with van der Waals surface area (Å²) in [6, 6.07) is 5.38. The van der Waals surface area contributed by atoms with E-state index < -0.39 is 5.82 Å². The number of fused-ring (bicyclic) bond motifs is 1. The molecule has 0 saturated heterocycles. The maximum atomic E-state index is 14.7. The van der Waals surface area contributed by atoms with Gasteiger partial charge in [0.05, 0.1) is 35.5 Å². The van der Waals surface area contributed by atoms with Crippen molar-refractivity contribution in [1.82, 2.24) is 24.7 Å². The van der Waals surface area contributed by atoms with E-state index in [4.69, 9.17) is 4.74 Å². The minimum atomic E-state index is -0.576. The number of benzene rings is 1. The maximum Gasteiger partial charge on any atom is 0.256 e. The Hall–Kier alpha value is -3.47. The predicted molar refractivity (Wildman–Crippen MR) is 119 cm³/mol. The van der Waals surface area contributed by atoms with Gasteiger partial charge in [0.1, 0.15) is 11.4 Å². The molecule has 160 valence electrons. The first kappa shape index (κ1) is 20.8. The number of methoxy groups -OCH3 is 1. The molecule has 4 rings (SSSR count). The lowest BCUT2D eigenvalue weighted by molar-refractivity contribution is -0.115. The molecular formula is C20H19BrFN7O2. The van der Waals surface area contributed by atoms with E-state index in [0.717, 1.165) is 6.20 Å². The highest BCUT2D eigenvalue weighted by molar-refractivity contribution is 9.10. The Kier molecular flexibility index (Phi) is 5.59. The van der Waals surface area contributed by atoms with Crippen molar-refractivity contribution in [3.05, 3.63) is 42.6 Å². The van der Waals surface area contributed by atoms with Gasteiger partial charge in [-0.25, -0.2) is 14.4 Å². The number of H-pyrrole nitrogens is 1. The van der Waals surface area contributed by atoms with Gasteiger partial charge in [0.15, 0.2) is 5.82 Å². The van der Waals surface area contributed by atoms with Crippen molar-refractivity contribution in [1.29, 1.82) is 0 Å². The molecule has 11 heteroatoms. The Labute approximate surface area is 185 Å². The van der Waals surface area contributed by atoms with Gasteiger partial charge in [0.2, 0.25) is 11.9 Å². The fraction of sp³-hybridized carbons (Fsp3) is 0.200. The van der Waals surface area contributed by atoms with Crippen molar-refractivity contribution in [2.75, 3.05) is 17.7 Å². The van der Waals surface area contributed by atoms with E-state index in [1.165, 1.54) is 7.11 Å². The number of carbonyl (C=O) groups is 1. The Bertz CT molecular complexity index is 1270. The first-order chi connectivity index (χ1) is 14.9. The first-order valence-electron chi connectivity index (χ1n) is 9.30. The van der Waals surface area contributed by atoms with Gasteiger partial charge in [-0.05, 0) is 13.0 Å². The van der Waals surface area contributed by atoms with E-state index in [9.17, 15) is 9.18 Å². The number of aromatic nitrogens is 5. The maximum absolute atomic E-state index is 14.7. The van der Waals surface area contributed by atoms with Crippen molar-refractivity contribution in [2.24, 2.45) is 7.05 Å².